The molecule has 0 amide bonds. The number of aliphatic hydroxyl groups excluding tert-OH is 2. The van der Waals surface area contributed by atoms with Crippen molar-refractivity contribution >= 4 is 7.85 Å². The molecule has 0 heterocycles. The highest BCUT2D eigenvalue weighted by Crippen LogP contribution is 2.09. The predicted octanol–water partition coefficient (Wildman–Crippen LogP) is -1.21. The average molecular weight is 124 g/mol. The summed E-state index contributed by atoms with van der Waals surface area (Å²) in [6, 6.07) is 0. The summed E-state index contributed by atoms with van der Waals surface area (Å²) < 4.78 is 0. The van der Waals surface area contributed by atoms with Crippen LogP contribution in [-0.2, 0) is 0 Å². The first-order valence-electron chi connectivity index (χ1n) is 2.93. The molecule has 1 aliphatic carbocycles. The summed E-state index contributed by atoms with van der Waals surface area (Å²) in [7, 11) is 1.79. The molecule has 2 N–H and O–H groups in total. The van der Waals surface area contributed by atoms with Crippen LogP contribution in [0.1, 0.15) is 0 Å². The van der Waals surface area contributed by atoms with Crippen LogP contribution in [0.5, 0.6) is 0 Å². The molecule has 2 unspecified atom stereocenters. The first-order chi connectivity index (χ1) is 4.22. The topological polar surface area (TPSA) is 40.5 Å². The van der Waals surface area contributed by atoms with Gasteiger partial charge in [0.2, 0.25) is 0 Å². The van der Waals surface area contributed by atoms with E-state index in [1.807, 2.05) is 0 Å². The van der Waals surface area contributed by atoms with Crippen molar-refractivity contribution in [2.75, 3.05) is 0 Å². The summed E-state index contributed by atoms with van der Waals surface area (Å²) >= 11 is 0. The largest absolute Gasteiger partial charge is 0.387 e. The molecule has 0 radical (unpaired) electrons. The van der Waals surface area contributed by atoms with Gasteiger partial charge >= 0.3 is 0 Å². The Morgan fingerprint density at radius 1 is 1.44 bits per heavy atom. The van der Waals surface area contributed by atoms with E-state index in [1.54, 1.807) is 26.1 Å². The number of allylic oxidation sites excluding steroid dienone is 2. The van der Waals surface area contributed by atoms with Crippen LogP contribution in [0.25, 0.3) is 0 Å². The lowest BCUT2D eigenvalue weighted by Gasteiger charge is -2.17. The van der Waals surface area contributed by atoms with E-state index >= 15 is 0 Å². The molecule has 0 aromatic rings. The van der Waals surface area contributed by atoms with Crippen LogP contribution in [0.3, 0.4) is 0 Å². The summed E-state index contributed by atoms with van der Waals surface area (Å²) in [5.41, 5.74) is 0.810. The molecule has 2 nitrogen and oxygen atoms in total. The van der Waals surface area contributed by atoms with Crippen LogP contribution >= 0.6 is 0 Å². The average Bonchev–Trinajstić information content (AvgIpc) is 1.83. The second-order valence-electron chi connectivity index (χ2n) is 2.23. The zero-order valence-electron chi connectivity index (χ0n) is 5.28. The molecule has 0 bridgehead atoms. The normalized spacial score (nSPS) is 34.2. The number of rotatable bonds is 0. The standard InChI is InChI=1S/C6H9BO2/c7-4-2-1-3-5(8)6(4)9/h1-3,5-6,8-9H,7H2. The van der Waals surface area contributed by atoms with Crippen molar-refractivity contribution in [1.29, 1.82) is 0 Å². The SMILES string of the molecule is BC1=CC=CC(O)C1O. The number of aliphatic hydroxyl groups is 2. The Bertz CT molecular complexity index is 162. The molecule has 1 aliphatic rings. The molecule has 48 valence electrons. The van der Waals surface area contributed by atoms with E-state index < -0.39 is 12.2 Å². The van der Waals surface area contributed by atoms with E-state index in [4.69, 9.17) is 10.2 Å². The van der Waals surface area contributed by atoms with Crippen molar-refractivity contribution in [2.45, 2.75) is 12.2 Å². The summed E-state index contributed by atoms with van der Waals surface area (Å²) in [5, 5.41) is 18.0. The molecule has 3 heteroatoms. The molecule has 0 spiro atoms. The number of hydrogen-bond acceptors (Lipinski definition) is 2. The first-order valence-corrected chi connectivity index (χ1v) is 2.93. The Kier molecular flexibility index (Phi) is 1.74. The van der Waals surface area contributed by atoms with Crippen LogP contribution in [0.15, 0.2) is 23.7 Å². The Morgan fingerprint density at radius 3 is 2.56 bits per heavy atom. The van der Waals surface area contributed by atoms with Crippen LogP contribution < -0.4 is 0 Å². The Hall–Kier alpha value is -0.535. The van der Waals surface area contributed by atoms with Crippen molar-refractivity contribution in [3.05, 3.63) is 23.7 Å². The Balaban J connectivity index is 2.73. The van der Waals surface area contributed by atoms with Gasteiger partial charge in [-0.2, -0.15) is 0 Å². The van der Waals surface area contributed by atoms with E-state index in [1.165, 1.54) is 0 Å². The van der Waals surface area contributed by atoms with Gasteiger partial charge in [0.05, 0.1) is 6.10 Å². The van der Waals surface area contributed by atoms with Crippen LogP contribution in [-0.4, -0.2) is 30.3 Å². The highest BCUT2D eigenvalue weighted by atomic mass is 16.3. The van der Waals surface area contributed by atoms with Gasteiger partial charge in [0.15, 0.2) is 0 Å². The minimum Gasteiger partial charge on any atom is -0.387 e. The second kappa shape index (κ2) is 2.37. The fourth-order valence-corrected chi connectivity index (χ4v) is 0.794. The van der Waals surface area contributed by atoms with Gasteiger partial charge in [-0.1, -0.05) is 23.7 Å². The zero-order valence-corrected chi connectivity index (χ0v) is 5.28. The third-order valence-corrected chi connectivity index (χ3v) is 1.46. The minimum atomic E-state index is -0.713. The molecule has 0 fully saturated rings. The third kappa shape index (κ3) is 1.23. The molecule has 0 aromatic carbocycles. The van der Waals surface area contributed by atoms with E-state index in [0.29, 0.717) is 0 Å². The van der Waals surface area contributed by atoms with Crippen LogP contribution in [0.4, 0.5) is 0 Å². The second-order valence-corrected chi connectivity index (χ2v) is 2.23. The van der Waals surface area contributed by atoms with E-state index in [-0.39, 0.29) is 0 Å². The highest BCUT2D eigenvalue weighted by molar-refractivity contribution is 6.22. The monoisotopic (exact) mass is 124 g/mol. The third-order valence-electron chi connectivity index (χ3n) is 1.46. The van der Waals surface area contributed by atoms with Gasteiger partial charge in [0, 0.05) is 0 Å². The maximum atomic E-state index is 9.08. The first kappa shape index (κ1) is 6.58. The van der Waals surface area contributed by atoms with Gasteiger partial charge in [-0.3, -0.25) is 0 Å². The van der Waals surface area contributed by atoms with Crippen LogP contribution in [0.2, 0.25) is 0 Å². The predicted molar refractivity (Wildman–Crippen MR) is 37.8 cm³/mol. The van der Waals surface area contributed by atoms with Gasteiger partial charge in [0.25, 0.3) is 0 Å². The molecule has 1 rings (SSSR count). The lowest BCUT2D eigenvalue weighted by atomic mass is 9.84. The van der Waals surface area contributed by atoms with E-state index in [9.17, 15) is 0 Å². The van der Waals surface area contributed by atoms with Crippen LogP contribution in [0, 0.1) is 0 Å². The van der Waals surface area contributed by atoms with Crippen molar-refractivity contribution in [3.63, 3.8) is 0 Å². The number of hydrogen-bond donors (Lipinski definition) is 2. The molecule has 0 saturated heterocycles. The molecule has 9 heavy (non-hydrogen) atoms. The van der Waals surface area contributed by atoms with Gasteiger partial charge in [0.1, 0.15) is 14.0 Å². The molecular weight excluding hydrogens is 115 g/mol. The Morgan fingerprint density at radius 2 is 2.11 bits per heavy atom. The highest BCUT2D eigenvalue weighted by Gasteiger charge is 2.15. The lowest BCUT2D eigenvalue weighted by Crippen LogP contribution is -2.27. The van der Waals surface area contributed by atoms with Crippen molar-refractivity contribution in [1.82, 2.24) is 0 Å². The van der Waals surface area contributed by atoms with E-state index in [2.05, 4.69) is 0 Å². The molecular formula is C6H9BO2. The van der Waals surface area contributed by atoms with Crippen molar-refractivity contribution in [3.8, 4) is 0 Å². The Labute approximate surface area is 54.9 Å². The molecule has 2 atom stereocenters. The molecule has 0 saturated carbocycles. The summed E-state index contributed by atoms with van der Waals surface area (Å²) in [5.74, 6) is 0. The summed E-state index contributed by atoms with van der Waals surface area (Å²) in [6.45, 7) is 0. The minimum absolute atomic E-state index is 0.699. The quantitative estimate of drug-likeness (QED) is 0.398. The van der Waals surface area contributed by atoms with Gasteiger partial charge in [-0.15, -0.1) is 0 Å². The molecule has 0 aromatic heterocycles. The molecule has 0 aliphatic heterocycles. The van der Waals surface area contributed by atoms with Gasteiger partial charge in [-0.25, -0.2) is 0 Å². The maximum Gasteiger partial charge on any atom is 0.137 e. The van der Waals surface area contributed by atoms with Gasteiger partial charge in [-0.05, 0) is 0 Å². The van der Waals surface area contributed by atoms with Gasteiger partial charge < -0.3 is 10.2 Å². The fourth-order valence-electron chi connectivity index (χ4n) is 0.794. The van der Waals surface area contributed by atoms with E-state index in [0.717, 1.165) is 5.47 Å². The zero-order chi connectivity index (χ0) is 6.85. The fraction of sp³-hybridized carbons (Fsp3) is 0.333. The summed E-state index contributed by atoms with van der Waals surface area (Å²) in [4.78, 5) is 0. The smallest absolute Gasteiger partial charge is 0.137 e. The maximum absolute atomic E-state index is 9.08. The van der Waals surface area contributed by atoms with Crippen molar-refractivity contribution < 1.29 is 10.2 Å². The summed E-state index contributed by atoms with van der Waals surface area (Å²) in [6.07, 6.45) is 3.69. The van der Waals surface area contributed by atoms with Crippen molar-refractivity contribution in [2.24, 2.45) is 0 Å². The lowest BCUT2D eigenvalue weighted by molar-refractivity contribution is 0.0763.